The number of benzene rings is 3. The van der Waals surface area contributed by atoms with Crippen molar-refractivity contribution in [3.63, 3.8) is 0 Å². The second-order valence-electron chi connectivity index (χ2n) is 8.72. The van der Waals surface area contributed by atoms with Crippen molar-refractivity contribution in [2.45, 2.75) is 18.9 Å². The first-order chi connectivity index (χ1) is 16.4. The Labute approximate surface area is 220 Å². The normalized spacial score (nSPS) is 17.5. The fourth-order valence-electron chi connectivity index (χ4n) is 4.88. The van der Waals surface area contributed by atoms with Crippen LogP contribution in [-0.2, 0) is 4.74 Å². The second-order valence-corrected chi connectivity index (χ2v) is 8.72. The van der Waals surface area contributed by atoms with E-state index in [1.807, 2.05) is 60.7 Å². The van der Waals surface area contributed by atoms with Gasteiger partial charge in [-0.15, -0.1) is 24.8 Å². The summed E-state index contributed by atoms with van der Waals surface area (Å²) in [4.78, 5) is 2.63. The van der Waals surface area contributed by atoms with Gasteiger partial charge >= 0.3 is 0 Å². The molecule has 0 spiro atoms. The van der Waals surface area contributed by atoms with E-state index in [1.54, 1.807) is 0 Å². The monoisotopic (exact) mass is 516 g/mol. The van der Waals surface area contributed by atoms with E-state index in [-0.39, 0.29) is 24.8 Å². The molecule has 2 fully saturated rings. The topological polar surface area (TPSA) is 43.0 Å². The van der Waals surface area contributed by atoms with E-state index in [4.69, 9.17) is 14.2 Å². The van der Waals surface area contributed by atoms with Crippen LogP contribution < -0.4 is 14.8 Å². The zero-order chi connectivity index (χ0) is 22.3. The molecule has 2 aliphatic rings. The number of piperazine rings is 1. The third-order valence-electron chi connectivity index (χ3n) is 6.51. The van der Waals surface area contributed by atoms with Crippen LogP contribution in [0.1, 0.15) is 24.4 Å². The number of rotatable bonds is 7. The summed E-state index contributed by atoms with van der Waals surface area (Å²) in [5.41, 5.74) is 1.29. The molecule has 5 nitrogen and oxygen atoms in total. The SMILES string of the molecule is Cl.Cl.c1ccc(Oc2ccc([C@H](C3CCOCC3)N3CCNCC3)cc2Oc2ccccc2)cc1. The number of para-hydroxylation sites is 2. The molecule has 3 aromatic rings. The lowest BCUT2D eigenvalue weighted by Gasteiger charge is -2.41. The number of hydrogen-bond donors (Lipinski definition) is 1. The van der Waals surface area contributed by atoms with Gasteiger partial charge in [0.2, 0.25) is 0 Å². The van der Waals surface area contributed by atoms with Crippen molar-refractivity contribution in [1.29, 1.82) is 0 Å². The molecule has 2 saturated heterocycles. The molecule has 2 heterocycles. The highest BCUT2D eigenvalue weighted by Crippen LogP contribution is 2.41. The van der Waals surface area contributed by atoms with Crippen molar-refractivity contribution in [3.05, 3.63) is 84.4 Å². The van der Waals surface area contributed by atoms with Crippen LogP contribution in [0.25, 0.3) is 0 Å². The zero-order valence-corrected chi connectivity index (χ0v) is 21.4. The van der Waals surface area contributed by atoms with Gasteiger partial charge in [-0.1, -0.05) is 42.5 Å². The smallest absolute Gasteiger partial charge is 0.170 e. The number of ether oxygens (including phenoxy) is 3. The lowest BCUT2D eigenvalue weighted by molar-refractivity contribution is 0.0212. The molecular formula is C28H34Cl2N2O3. The van der Waals surface area contributed by atoms with Crippen LogP contribution >= 0.6 is 24.8 Å². The van der Waals surface area contributed by atoms with Gasteiger partial charge in [-0.3, -0.25) is 4.90 Å². The summed E-state index contributed by atoms with van der Waals surface area (Å²) in [5.74, 6) is 3.64. The summed E-state index contributed by atoms with van der Waals surface area (Å²) >= 11 is 0. The maximum atomic E-state index is 6.37. The van der Waals surface area contributed by atoms with Crippen LogP contribution in [0.3, 0.4) is 0 Å². The third-order valence-corrected chi connectivity index (χ3v) is 6.51. The Bertz CT molecular complexity index is 993. The number of hydrogen-bond acceptors (Lipinski definition) is 5. The van der Waals surface area contributed by atoms with Gasteiger partial charge in [0.1, 0.15) is 11.5 Å². The average Bonchev–Trinajstić information content (AvgIpc) is 2.88. The molecule has 35 heavy (non-hydrogen) atoms. The molecule has 0 saturated carbocycles. The Hall–Kier alpha value is -2.28. The van der Waals surface area contributed by atoms with Gasteiger partial charge in [0, 0.05) is 45.4 Å². The highest BCUT2D eigenvalue weighted by Gasteiger charge is 2.32. The highest BCUT2D eigenvalue weighted by atomic mass is 35.5. The van der Waals surface area contributed by atoms with Crippen LogP contribution in [0.4, 0.5) is 0 Å². The fraction of sp³-hybridized carbons (Fsp3) is 0.357. The zero-order valence-electron chi connectivity index (χ0n) is 19.8. The molecule has 0 radical (unpaired) electrons. The van der Waals surface area contributed by atoms with Crippen molar-refractivity contribution < 1.29 is 14.2 Å². The van der Waals surface area contributed by atoms with E-state index >= 15 is 0 Å². The third kappa shape index (κ3) is 7.12. The molecular weight excluding hydrogens is 483 g/mol. The minimum atomic E-state index is 0. The van der Waals surface area contributed by atoms with Crippen LogP contribution in [0.15, 0.2) is 78.9 Å². The molecule has 0 bridgehead atoms. The minimum Gasteiger partial charge on any atom is -0.453 e. The molecule has 2 aliphatic heterocycles. The van der Waals surface area contributed by atoms with Crippen LogP contribution in [0.5, 0.6) is 23.0 Å². The fourth-order valence-corrected chi connectivity index (χ4v) is 4.88. The Balaban J connectivity index is 0.00000171. The molecule has 7 heteroatoms. The van der Waals surface area contributed by atoms with Crippen molar-refractivity contribution in [2.24, 2.45) is 5.92 Å². The van der Waals surface area contributed by atoms with Crippen LogP contribution in [0, 0.1) is 5.92 Å². The predicted octanol–water partition coefficient (Wildman–Crippen LogP) is 6.49. The standard InChI is InChI=1S/C28H32N2O3.2ClH/c1-3-7-24(8-4-1)32-26-12-11-23(21-27(26)33-25-9-5-2-6-10-25)28(22-13-19-31-20-14-22)30-17-15-29-16-18-30;;/h1-12,21-22,28-29H,13-20H2;2*1H/t28-;;/m0../s1. The van der Waals surface area contributed by atoms with E-state index in [2.05, 4.69) is 28.4 Å². The first-order valence-corrected chi connectivity index (χ1v) is 12.0. The quantitative estimate of drug-likeness (QED) is 0.388. The Morgan fingerprint density at radius 1 is 0.743 bits per heavy atom. The van der Waals surface area contributed by atoms with E-state index < -0.39 is 0 Å². The van der Waals surface area contributed by atoms with Crippen molar-refractivity contribution >= 4 is 24.8 Å². The summed E-state index contributed by atoms with van der Waals surface area (Å²) in [6.07, 6.45) is 2.18. The summed E-state index contributed by atoms with van der Waals surface area (Å²) in [7, 11) is 0. The molecule has 3 aromatic carbocycles. The van der Waals surface area contributed by atoms with Crippen LogP contribution in [-0.4, -0.2) is 44.3 Å². The first kappa shape index (κ1) is 27.3. The van der Waals surface area contributed by atoms with Gasteiger partial charge in [0.25, 0.3) is 0 Å². The second kappa shape index (κ2) is 13.7. The van der Waals surface area contributed by atoms with Gasteiger partial charge in [0.15, 0.2) is 11.5 Å². The average molecular weight is 517 g/mol. The van der Waals surface area contributed by atoms with Crippen molar-refractivity contribution in [1.82, 2.24) is 10.2 Å². The number of halogens is 2. The molecule has 1 atom stereocenters. The lowest BCUT2D eigenvalue weighted by atomic mass is 9.85. The number of nitrogens with zero attached hydrogens (tertiary/aromatic N) is 1. The Morgan fingerprint density at radius 2 is 1.31 bits per heavy atom. The van der Waals surface area contributed by atoms with Gasteiger partial charge in [-0.25, -0.2) is 0 Å². The maximum absolute atomic E-state index is 6.37. The Kier molecular flexibility index (Phi) is 10.7. The van der Waals surface area contributed by atoms with E-state index in [0.717, 1.165) is 75.2 Å². The summed E-state index contributed by atoms with van der Waals surface area (Å²) in [6, 6.07) is 26.6. The number of nitrogens with one attached hydrogen (secondary N) is 1. The van der Waals surface area contributed by atoms with Gasteiger partial charge in [0.05, 0.1) is 0 Å². The van der Waals surface area contributed by atoms with Gasteiger partial charge in [-0.2, -0.15) is 0 Å². The van der Waals surface area contributed by atoms with Crippen LogP contribution in [0.2, 0.25) is 0 Å². The molecule has 0 unspecified atom stereocenters. The maximum Gasteiger partial charge on any atom is 0.170 e. The summed E-state index contributed by atoms with van der Waals surface area (Å²) in [5, 5.41) is 3.49. The van der Waals surface area contributed by atoms with Crippen molar-refractivity contribution in [3.8, 4) is 23.0 Å². The van der Waals surface area contributed by atoms with E-state index in [1.165, 1.54) is 5.56 Å². The minimum absolute atomic E-state index is 0. The highest BCUT2D eigenvalue weighted by molar-refractivity contribution is 5.85. The van der Waals surface area contributed by atoms with Gasteiger partial charge < -0.3 is 19.5 Å². The Morgan fingerprint density at radius 3 is 1.91 bits per heavy atom. The van der Waals surface area contributed by atoms with E-state index in [9.17, 15) is 0 Å². The summed E-state index contributed by atoms with van der Waals surface area (Å²) in [6.45, 7) is 5.86. The predicted molar refractivity (Wildman–Crippen MR) is 145 cm³/mol. The largest absolute Gasteiger partial charge is 0.453 e. The van der Waals surface area contributed by atoms with Gasteiger partial charge in [-0.05, 0) is 60.7 Å². The molecule has 0 aliphatic carbocycles. The lowest BCUT2D eigenvalue weighted by Crippen LogP contribution is -2.47. The first-order valence-electron chi connectivity index (χ1n) is 12.0. The molecule has 0 aromatic heterocycles. The molecule has 1 N–H and O–H groups in total. The summed E-state index contributed by atoms with van der Waals surface area (Å²) < 4.78 is 18.3. The van der Waals surface area contributed by atoms with E-state index in [0.29, 0.717) is 12.0 Å². The molecule has 0 amide bonds. The van der Waals surface area contributed by atoms with Crippen molar-refractivity contribution in [2.75, 3.05) is 39.4 Å². The molecule has 188 valence electrons. The molecule has 5 rings (SSSR count).